The maximum Gasteiger partial charge on any atom is 0.270 e. The number of rotatable bonds is 9. The van der Waals surface area contributed by atoms with E-state index in [1.807, 2.05) is 0 Å². The minimum Gasteiger partial charge on any atom is -0.497 e. The van der Waals surface area contributed by atoms with Crippen LogP contribution in [0, 0.1) is 10.1 Å². The van der Waals surface area contributed by atoms with E-state index in [2.05, 4.69) is 15.9 Å². The van der Waals surface area contributed by atoms with E-state index in [1.165, 1.54) is 24.3 Å². The average Bonchev–Trinajstić information content (AvgIpc) is 2.91. The molecule has 1 unspecified atom stereocenters. The largest absolute Gasteiger partial charge is 0.497 e. The lowest BCUT2D eigenvalue weighted by Gasteiger charge is -2.14. The standard InChI is InChI=1S/C27H23N3O6S/c1-35-23-14-16-26(17-15-23)37(2,34)29-21-8-12-25(13-9-21)36-24-10-6-20(7-11-24)28-27(31)19-4-3-5-22(18-19)30(32)33/h3-18H,2H2,1H3,(H,28,31)(H,29,34). The molecule has 1 amide bonds. The molecule has 37 heavy (non-hydrogen) atoms. The molecule has 4 aromatic rings. The molecule has 0 saturated heterocycles. The summed E-state index contributed by atoms with van der Waals surface area (Å²) in [5, 5.41) is 13.6. The average molecular weight is 518 g/mol. The van der Waals surface area contributed by atoms with E-state index in [-0.39, 0.29) is 11.3 Å². The molecule has 0 bridgehead atoms. The third kappa shape index (κ3) is 6.44. The first-order chi connectivity index (χ1) is 17.7. The molecule has 0 aliphatic carbocycles. The number of amides is 1. The Morgan fingerprint density at radius 3 is 2.00 bits per heavy atom. The van der Waals surface area contributed by atoms with Gasteiger partial charge in [0.05, 0.1) is 21.7 Å². The van der Waals surface area contributed by atoms with Crippen molar-refractivity contribution in [3.63, 3.8) is 0 Å². The molecule has 0 aliphatic heterocycles. The number of hydrogen-bond donors (Lipinski definition) is 2. The molecule has 0 saturated carbocycles. The zero-order chi connectivity index (χ0) is 26.4. The fraction of sp³-hybridized carbons (Fsp3) is 0.0370. The summed E-state index contributed by atoms with van der Waals surface area (Å²) < 4.78 is 27.0. The number of carbonyl (C=O) groups excluding carboxylic acids is 1. The maximum atomic E-state index is 13.0. The summed E-state index contributed by atoms with van der Waals surface area (Å²) in [6.07, 6.45) is 0. The van der Waals surface area contributed by atoms with Gasteiger partial charge in [0.1, 0.15) is 17.2 Å². The van der Waals surface area contributed by atoms with Gasteiger partial charge in [-0.3, -0.25) is 14.9 Å². The van der Waals surface area contributed by atoms with Gasteiger partial charge in [-0.2, -0.15) is 0 Å². The van der Waals surface area contributed by atoms with E-state index in [0.29, 0.717) is 33.5 Å². The molecule has 1 atom stereocenters. The summed E-state index contributed by atoms with van der Waals surface area (Å²) in [5.41, 5.74) is 1.15. The Morgan fingerprint density at radius 2 is 1.43 bits per heavy atom. The van der Waals surface area contributed by atoms with Gasteiger partial charge in [0.2, 0.25) is 0 Å². The Labute approximate surface area is 214 Å². The maximum absolute atomic E-state index is 13.0. The molecule has 0 fully saturated rings. The molecular weight excluding hydrogens is 494 g/mol. The number of non-ortho nitro benzene ring substituents is 1. The number of carbonyl (C=O) groups is 1. The lowest BCUT2D eigenvalue weighted by Crippen LogP contribution is -2.12. The summed E-state index contributed by atoms with van der Waals surface area (Å²) in [6.45, 7) is 0. The zero-order valence-corrected chi connectivity index (χ0v) is 20.6. The van der Waals surface area contributed by atoms with Crippen molar-refractivity contribution in [1.82, 2.24) is 0 Å². The fourth-order valence-corrected chi connectivity index (χ4v) is 4.55. The van der Waals surface area contributed by atoms with E-state index in [9.17, 15) is 19.1 Å². The van der Waals surface area contributed by atoms with Crippen molar-refractivity contribution in [3.05, 3.63) is 113 Å². The van der Waals surface area contributed by atoms with Crippen LogP contribution in [0.1, 0.15) is 10.4 Å². The van der Waals surface area contributed by atoms with Crippen LogP contribution in [0.2, 0.25) is 0 Å². The second kappa shape index (κ2) is 10.8. The molecule has 0 radical (unpaired) electrons. The van der Waals surface area contributed by atoms with E-state index < -0.39 is 20.5 Å². The third-order valence-electron chi connectivity index (χ3n) is 5.24. The van der Waals surface area contributed by atoms with Crippen LogP contribution >= 0.6 is 0 Å². The van der Waals surface area contributed by atoms with Crippen LogP contribution < -0.4 is 19.5 Å². The van der Waals surface area contributed by atoms with Gasteiger partial charge in [0.25, 0.3) is 11.6 Å². The first-order valence-electron chi connectivity index (χ1n) is 11.0. The Balaban J connectivity index is 1.36. The van der Waals surface area contributed by atoms with Crippen molar-refractivity contribution in [3.8, 4) is 17.2 Å². The highest BCUT2D eigenvalue weighted by atomic mass is 32.2. The smallest absolute Gasteiger partial charge is 0.270 e. The van der Waals surface area contributed by atoms with Gasteiger partial charge in [-0.15, -0.1) is 0 Å². The predicted molar refractivity (Wildman–Crippen MR) is 144 cm³/mol. The first kappa shape index (κ1) is 25.3. The van der Waals surface area contributed by atoms with E-state index >= 15 is 0 Å². The summed E-state index contributed by atoms with van der Waals surface area (Å²) in [4.78, 5) is 23.3. The van der Waals surface area contributed by atoms with Gasteiger partial charge in [-0.05, 0) is 84.7 Å². The van der Waals surface area contributed by atoms with Crippen molar-refractivity contribution >= 4 is 38.5 Å². The predicted octanol–water partition coefficient (Wildman–Crippen LogP) is 5.75. The van der Waals surface area contributed by atoms with E-state index in [0.717, 1.165) is 0 Å². The van der Waals surface area contributed by atoms with Crippen LogP contribution in [0.15, 0.2) is 102 Å². The van der Waals surface area contributed by atoms with E-state index in [1.54, 1.807) is 79.9 Å². The summed E-state index contributed by atoms with van der Waals surface area (Å²) in [5.74, 6) is 5.12. The Morgan fingerprint density at radius 1 is 0.865 bits per heavy atom. The quantitative estimate of drug-likeness (QED) is 0.166. The first-order valence-corrected chi connectivity index (χ1v) is 12.7. The molecule has 4 rings (SSSR count). The van der Waals surface area contributed by atoms with Gasteiger partial charge >= 0.3 is 0 Å². The Hall–Kier alpha value is -4.83. The Kier molecular flexibility index (Phi) is 7.40. The van der Waals surface area contributed by atoms with Crippen LogP contribution in [0.4, 0.5) is 17.1 Å². The van der Waals surface area contributed by atoms with Crippen molar-refractivity contribution in [2.45, 2.75) is 4.90 Å². The second-order valence-corrected chi connectivity index (χ2v) is 9.89. The molecule has 0 aromatic heterocycles. The molecular formula is C27H23N3O6S. The summed E-state index contributed by atoms with van der Waals surface area (Å²) in [7, 11) is -1.20. The number of hydrogen-bond acceptors (Lipinski definition) is 6. The van der Waals surface area contributed by atoms with Crippen molar-refractivity contribution < 1.29 is 23.4 Å². The fourth-order valence-electron chi connectivity index (χ4n) is 3.34. The molecule has 0 spiro atoms. The van der Waals surface area contributed by atoms with Crippen LogP contribution in [0.25, 0.3) is 0 Å². The van der Waals surface area contributed by atoms with Gasteiger partial charge in [0, 0.05) is 34.0 Å². The van der Waals surface area contributed by atoms with Crippen LogP contribution in [0.3, 0.4) is 0 Å². The third-order valence-corrected chi connectivity index (χ3v) is 6.84. The molecule has 0 heterocycles. The number of nitro groups is 1. The van der Waals surface area contributed by atoms with Crippen LogP contribution in [-0.4, -0.2) is 28.0 Å². The van der Waals surface area contributed by atoms with Gasteiger partial charge < -0.3 is 19.5 Å². The number of anilines is 2. The number of nitrogens with one attached hydrogen (secondary N) is 2. The number of methoxy groups -OCH3 is 1. The topological polar surface area (TPSA) is 120 Å². The highest BCUT2D eigenvalue weighted by Gasteiger charge is 2.12. The lowest BCUT2D eigenvalue weighted by molar-refractivity contribution is -0.384. The highest BCUT2D eigenvalue weighted by Crippen LogP contribution is 2.26. The monoisotopic (exact) mass is 517 g/mol. The minimum atomic E-state index is -2.77. The SMILES string of the molecule is C=S(=O)(Nc1ccc(Oc2ccc(NC(=O)c3cccc([N+](=O)[O-])c3)cc2)cc1)c1ccc(OC)cc1. The molecule has 10 heteroatoms. The van der Waals surface area contributed by atoms with E-state index in [4.69, 9.17) is 9.47 Å². The van der Waals surface area contributed by atoms with Gasteiger partial charge in [-0.25, -0.2) is 4.21 Å². The molecule has 2 N–H and O–H groups in total. The summed E-state index contributed by atoms with van der Waals surface area (Å²) in [6, 6.07) is 26.0. The van der Waals surface area contributed by atoms with Gasteiger partial charge in [0.15, 0.2) is 0 Å². The zero-order valence-electron chi connectivity index (χ0n) is 19.7. The van der Waals surface area contributed by atoms with Crippen molar-refractivity contribution in [2.75, 3.05) is 17.1 Å². The molecule has 4 aromatic carbocycles. The minimum absolute atomic E-state index is 0.157. The molecule has 9 nitrogen and oxygen atoms in total. The Bertz CT molecular complexity index is 1520. The van der Waals surface area contributed by atoms with Crippen LogP contribution in [-0.2, 0) is 9.71 Å². The highest BCUT2D eigenvalue weighted by molar-refractivity contribution is 8.01. The summed E-state index contributed by atoms with van der Waals surface area (Å²) >= 11 is 0. The van der Waals surface area contributed by atoms with Crippen molar-refractivity contribution in [2.24, 2.45) is 0 Å². The lowest BCUT2D eigenvalue weighted by atomic mass is 10.2. The van der Waals surface area contributed by atoms with Crippen molar-refractivity contribution in [1.29, 1.82) is 0 Å². The normalized spacial score (nSPS) is 12.1. The molecule has 188 valence electrons. The number of nitrogens with zero attached hydrogens (tertiary/aromatic N) is 1. The van der Waals surface area contributed by atoms with Crippen LogP contribution in [0.5, 0.6) is 17.2 Å². The number of benzene rings is 4. The number of nitro benzene ring substituents is 1. The van der Waals surface area contributed by atoms with Gasteiger partial charge in [-0.1, -0.05) is 6.07 Å². The second-order valence-electron chi connectivity index (χ2n) is 7.87. The molecule has 0 aliphatic rings. The number of ether oxygens (including phenoxy) is 2.